The summed E-state index contributed by atoms with van der Waals surface area (Å²) < 4.78 is 12.0. The molecule has 0 atom stereocenters. The number of benzene rings is 6. The number of hydrogen-bond acceptors (Lipinski definition) is 11. The standard InChI is InChI=1S/C54H48ClN9O3/c1-5-31-63(39-18-10-7-11-19-39)51-44-29-23-38(32-47(44)57-53(60-51)56-33-49(65)59-50-36(2)15-14-21-45(50)55)48-30-28-42(67-48)35-62(3)54-58-46-22-13-12-20-43(46)52(61-54)64(34-37-16-8-6-9-17-37)40-24-26-41(66-4)27-25-40/h5-30,32H,1,31,33-35H2,2-4H3,(H,59,65)(H,56,57,60). The van der Waals surface area contributed by atoms with Gasteiger partial charge in [0.25, 0.3) is 0 Å². The molecule has 0 aliphatic carbocycles. The Morgan fingerprint density at radius 3 is 2.21 bits per heavy atom. The highest BCUT2D eigenvalue weighted by molar-refractivity contribution is 6.34. The molecule has 0 aliphatic rings. The van der Waals surface area contributed by atoms with Crippen molar-refractivity contribution in [1.82, 2.24) is 19.9 Å². The van der Waals surface area contributed by atoms with Crippen molar-refractivity contribution in [2.75, 3.05) is 52.6 Å². The molecule has 334 valence electrons. The Morgan fingerprint density at radius 2 is 1.45 bits per heavy atom. The summed E-state index contributed by atoms with van der Waals surface area (Å²) >= 11 is 6.41. The van der Waals surface area contributed by atoms with E-state index in [2.05, 4.69) is 45.2 Å². The van der Waals surface area contributed by atoms with Gasteiger partial charge in [0.15, 0.2) is 0 Å². The molecule has 6 aromatic carbocycles. The van der Waals surface area contributed by atoms with E-state index in [4.69, 9.17) is 40.7 Å². The van der Waals surface area contributed by atoms with Gasteiger partial charge >= 0.3 is 0 Å². The molecule has 0 saturated carbocycles. The Hall–Kier alpha value is -8.22. The number of halogens is 1. The maximum Gasteiger partial charge on any atom is 0.243 e. The molecule has 3 heterocycles. The number of ether oxygens (including phenoxy) is 1. The molecular formula is C54H48ClN9O3. The van der Waals surface area contributed by atoms with Gasteiger partial charge in [-0.1, -0.05) is 96.5 Å². The summed E-state index contributed by atoms with van der Waals surface area (Å²) in [6.07, 6.45) is 1.83. The van der Waals surface area contributed by atoms with E-state index in [0.29, 0.717) is 53.4 Å². The quantitative estimate of drug-likeness (QED) is 0.0849. The highest BCUT2D eigenvalue weighted by atomic mass is 35.5. The van der Waals surface area contributed by atoms with Gasteiger partial charge in [-0.2, -0.15) is 9.97 Å². The molecule has 2 N–H and O–H groups in total. The maximum atomic E-state index is 13.2. The summed E-state index contributed by atoms with van der Waals surface area (Å²) in [5, 5.41) is 8.27. The zero-order valence-electron chi connectivity index (χ0n) is 37.4. The van der Waals surface area contributed by atoms with Crippen LogP contribution in [0.25, 0.3) is 33.1 Å². The number of para-hydroxylation sites is 3. The molecule has 0 aliphatic heterocycles. The van der Waals surface area contributed by atoms with E-state index >= 15 is 0 Å². The first kappa shape index (κ1) is 44.0. The molecule has 0 fully saturated rings. The molecule has 0 saturated heterocycles. The number of amides is 1. The van der Waals surface area contributed by atoms with Crippen molar-refractivity contribution in [3.8, 4) is 17.1 Å². The Bertz CT molecular complexity index is 3160. The number of aromatic nitrogens is 4. The summed E-state index contributed by atoms with van der Waals surface area (Å²) in [6, 6.07) is 51.8. The number of nitrogens with zero attached hydrogens (tertiary/aromatic N) is 7. The van der Waals surface area contributed by atoms with Crippen molar-refractivity contribution in [2.45, 2.75) is 20.0 Å². The van der Waals surface area contributed by atoms with Crippen LogP contribution in [0.2, 0.25) is 5.02 Å². The van der Waals surface area contributed by atoms with Crippen LogP contribution in [0, 0.1) is 6.92 Å². The summed E-state index contributed by atoms with van der Waals surface area (Å²) in [6.45, 7) is 7.30. The Balaban J connectivity index is 1.02. The molecule has 0 unspecified atom stereocenters. The van der Waals surface area contributed by atoms with Crippen molar-refractivity contribution in [3.05, 3.63) is 192 Å². The molecule has 67 heavy (non-hydrogen) atoms. The minimum atomic E-state index is -0.290. The van der Waals surface area contributed by atoms with E-state index in [1.54, 1.807) is 13.2 Å². The zero-order valence-corrected chi connectivity index (χ0v) is 38.1. The number of hydrogen-bond donors (Lipinski definition) is 2. The second kappa shape index (κ2) is 19.9. The molecule has 0 spiro atoms. The van der Waals surface area contributed by atoms with Gasteiger partial charge < -0.3 is 34.5 Å². The van der Waals surface area contributed by atoms with Crippen molar-refractivity contribution in [1.29, 1.82) is 0 Å². The van der Waals surface area contributed by atoms with Gasteiger partial charge in [0.2, 0.25) is 17.8 Å². The van der Waals surface area contributed by atoms with Crippen molar-refractivity contribution in [3.63, 3.8) is 0 Å². The molecule has 13 heteroatoms. The van der Waals surface area contributed by atoms with Crippen molar-refractivity contribution < 1.29 is 13.9 Å². The number of nitrogens with one attached hydrogen (secondary N) is 2. The molecule has 9 aromatic rings. The van der Waals surface area contributed by atoms with Gasteiger partial charge in [0, 0.05) is 47.8 Å². The number of methoxy groups -OCH3 is 1. The molecule has 12 nitrogen and oxygen atoms in total. The number of aryl methyl sites for hydroxylation is 1. The van der Waals surface area contributed by atoms with Gasteiger partial charge in [-0.15, -0.1) is 6.58 Å². The fourth-order valence-corrected chi connectivity index (χ4v) is 8.17. The van der Waals surface area contributed by atoms with Gasteiger partial charge in [-0.3, -0.25) is 4.79 Å². The second-order valence-electron chi connectivity index (χ2n) is 15.9. The number of carbonyl (C=O) groups is 1. The van der Waals surface area contributed by atoms with E-state index in [1.165, 1.54) is 0 Å². The average molecular weight is 906 g/mol. The minimum Gasteiger partial charge on any atom is -0.497 e. The smallest absolute Gasteiger partial charge is 0.243 e. The molecule has 0 radical (unpaired) electrons. The maximum absolute atomic E-state index is 13.2. The number of anilines is 7. The van der Waals surface area contributed by atoms with E-state index in [1.807, 2.05) is 158 Å². The van der Waals surface area contributed by atoms with Crippen LogP contribution in [0.4, 0.5) is 40.6 Å². The van der Waals surface area contributed by atoms with Gasteiger partial charge in [-0.05, 0) is 96.9 Å². The van der Waals surface area contributed by atoms with Crippen LogP contribution < -0.4 is 30.1 Å². The summed E-state index contributed by atoms with van der Waals surface area (Å²) in [7, 11) is 3.63. The molecule has 3 aromatic heterocycles. The number of fused-ring (bicyclic) bond motifs is 2. The van der Waals surface area contributed by atoms with Gasteiger partial charge in [0.05, 0.1) is 41.9 Å². The topological polar surface area (TPSA) is 125 Å². The first-order valence-electron chi connectivity index (χ1n) is 21.8. The van der Waals surface area contributed by atoms with Crippen LogP contribution in [0.5, 0.6) is 5.75 Å². The van der Waals surface area contributed by atoms with Crippen LogP contribution in [0.1, 0.15) is 16.9 Å². The predicted molar refractivity (Wildman–Crippen MR) is 271 cm³/mol. The fraction of sp³-hybridized carbons (Fsp3) is 0.130. The highest BCUT2D eigenvalue weighted by Crippen LogP contribution is 2.37. The summed E-state index contributed by atoms with van der Waals surface area (Å²) in [5.41, 5.74) is 6.75. The second-order valence-corrected chi connectivity index (χ2v) is 16.3. The molecule has 1 amide bonds. The normalized spacial score (nSPS) is 11.0. The van der Waals surface area contributed by atoms with Gasteiger partial charge in [-0.25, -0.2) is 9.97 Å². The summed E-state index contributed by atoms with van der Waals surface area (Å²) in [5.74, 6) is 4.13. The molecule has 0 bridgehead atoms. The van der Waals surface area contributed by atoms with Gasteiger partial charge in [0.1, 0.15) is 28.9 Å². The van der Waals surface area contributed by atoms with E-state index in [9.17, 15) is 4.79 Å². The Morgan fingerprint density at radius 1 is 0.731 bits per heavy atom. The van der Waals surface area contributed by atoms with E-state index < -0.39 is 0 Å². The lowest BCUT2D eigenvalue weighted by atomic mass is 10.1. The minimum absolute atomic E-state index is 0.0912. The third-order valence-corrected chi connectivity index (χ3v) is 11.6. The third-order valence-electron chi connectivity index (χ3n) is 11.3. The van der Waals surface area contributed by atoms with Crippen molar-refractivity contribution >= 4 is 79.9 Å². The fourth-order valence-electron chi connectivity index (χ4n) is 7.90. The Kier molecular flexibility index (Phi) is 13.1. The largest absolute Gasteiger partial charge is 0.497 e. The molecular weight excluding hydrogens is 858 g/mol. The zero-order chi connectivity index (χ0) is 46.3. The number of rotatable bonds is 17. The first-order valence-corrected chi connectivity index (χ1v) is 22.2. The molecule has 9 rings (SSSR count). The lowest BCUT2D eigenvalue weighted by Crippen LogP contribution is -2.24. The van der Waals surface area contributed by atoms with Crippen molar-refractivity contribution in [2.24, 2.45) is 0 Å². The number of carbonyl (C=O) groups excluding carboxylic acids is 1. The SMILES string of the molecule is C=CCN(c1ccccc1)c1nc(NCC(=O)Nc2c(C)cccc2Cl)nc2cc(-c3ccc(CN(C)c4nc(N(Cc5ccccc5)c5ccc(OC)cc5)c5ccccc5n4)o3)ccc12. The predicted octanol–water partition coefficient (Wildman–Crippen LogP) is 12.2. The van der Waals surface area contributed by atoms with Crippen LogP contribution >= 0.6 is 11.6 Å². The van der Waals surface area contributed by atoms with Crippen LogP contribution in [0.3, 0.4) is 0 Å². The lowest BCUT2D eigenvalue weighted by molar-refractivity contribution is -0.114. The average Bonchev–Trinajstić information content (AvgIpc) is 3.83. The van der Waals surface area contributed by atoms with Crippen LogP contribution in [0.15, 0.2) is 175 Å². The van der Waals surface area contributed by atoms with E-state index in [0.717, 1.165) is 61.7 Å². The lowest BCUT2D eigenvalue weighted by Gasteiger charge is -2.27. The first-order chi connectivity index (χ1) is 32.7. The van der Waals surface area contributed by atoms with Crippen LogP contribution in [-0.4, -0.2) is 53.1 Å². The number of furan rings is 1. The summed E-state index contributed by atoms with van der Waals surface area (Å²) in [4.78, 5) is 39.6. The third kappa shape index (κ3) is 9.90. The highest BCUT2D eigenvalue weighted by Gasteiger charge is 2.22. The Labute approximate surface area is 394 Å². The van der Waals surface area contributed by atoms with E-state index in [-0.39, 0.29) is 18.4 Å². The monoisotopic (exact) mass is 905 g/mol. The van der Waals surface area contributed by atoms with Crippen LogP contribution in [-0.2, 0) is 17.9 Å².